The van der Waals surface area contributed by atoms with Crippen molar-refractivity contribution in [2.45, 2.75) is 31.3 Å². The highest BCUT2D eigenvalue weighted by atomic mass is 32.2. The third kappa shape index (κ3) is 2.62. The lowest BCUT2D eigenvalue weighted by Gasteiger charge is -2.09. The van der Waals surface area contributed by atoms with Crippen LogP contribution in [-0.2, 0) is 12.3 Å². The van der Waals surface area contributed by atoms with Crippen molar-refractivity contribution in [3.05, 3.63) is 51.5 Å². The van der Waals surface area contributed by atoms with Gasteiger partial charge in [-0.2, -0.15) is 0 Å². The molecule has 0 saturated heterocycles. The van der Waals surface area contributed by atoms with Crippen molar-refractivity contribution in [2.24, 2.45) is 0 Å². The predicted molar refractivity (Wildman–Crippen MR) is 89.6 cm³/mol. The summed E-state index contributed by atoms with van der Waals surface area (Å²) < 4.78 is 7.52. The Morgan fingerprint density at radius 2 is 2.32 bits per heavy atom. The lowest BCUT2D eigenvalue weighted by atomic mass is 10.2. The maximum Gasteiger partial charge on any atom is 0.272 e. The van der Waals surface area contributed by atoms with Crippen molar-refractivity contribution >= 4 is 33.3 Å². The second kappa shape index (κ2) is 6.10. The van der Waals surface area contributed by atoms with Crippen molar-refractivity contribution in [1.82, 2.24) is 14.7 Å². The van der Waals surface area contributed by atoms with E-state index in [0.717, 1.165) is 22.5 Å². The molecule has 0 saturated carbocycles. The van der Waals surface area contributed by atoms with Crippen molar-refractivity contribution in [3.8, 4) is 0 Å². The fourth-order valence-corrected chi connectivity index (χ4v) is 4.11. The molecule has 0 unspecified atom stereocenters. The largest absolute Gasteiger partial charge is 0.361 e. The Kier molecular flexibility index (Phi) is 4.17. The molecule has 22 heavy (non-hydrogen) atoms. The van der Waals surface area contributed by atoms with Crippen LogP contribution in [-0.4, -0.2) is 14.7 Å². The van der Waals surface area contributed by atoms with Crippen LogP contribution < -0.4 is 5.56 Å². The van der Waals surface area contributed by atoms with Gasteiger partial charge < -0.3 is 4.52 Å². The summed E-state index contributed by atoms with van der Waals surface area (Å²) >= 11 is 2.93. The topological polar surface area (TPSA) is 60.9 Å². The van der Waals surface area contributed by atoms with Gasteiger partial charge in [0.15, 0.2) is 5.16 Å². The molecule has 3 aromatic heterocycles. The zero-order valence-electron chi connectivity index (χ0n) is 12.3. The summed E-state index contributed by atoms with van der Waals surface area (Å²) in [7, 11) is 0. The van der Waals surface area contributed by atoms with Crippen molar-refractivity contribution in [2.75, 3.05) is 0 Å². The number of rotatable bonds is 5. The van der Waals surface area contributed by atoms with Gasteiger partial charge in [-0.25, -0.2) is 4.98 Å². The van der Waals surface area contributed by atoms with E-state index in [9.17, 15) is 4.79 Å². The van der Waals surface area contributed by atoms with E-state index >= 15 is 0 Å². The number of hydrogen-bond acceptors (Lipinski definition) is 6. The second-order valence-corrected chi connectivity index (χ2v) is 6.68. The molecule has 0 bridgehead atoms. The minimum absolute atomic E-state index is 0.0128. The smallest absolute Gasteiger partial charge is 0.272 e. The summed E-state index contributed by atoms with van der Waals surface area (Å²) in [5, 5.41) is 6.53. The van der Waals surface area contributed by atoms with E-state index in [2.05, 4.69) is 16.7 Å². The Hall–Kier alpha value is -1.86. The maximum atomic E-state index is 12.5. The zero-order valence-corrected chi connectivity index (χ0v) is 14.0. The molecule has 0 N–H and O–H groups in total. The Balaban J connectivity index is 2.00. The molecule has 3 heterocycles. The standard InChI is InChI=1S/C15H15N3O2S2/c1-4-6-18-14(19)13-12(5-7-21-13)16-15(18)22-8-11-9(2)17-20-10(11)3/h4-5,7H,1,6,8H2,2-3H3. The molecule has 3 aromatic rings. The molecule has 3 rings (SSSR count). The normalized spacial score (nSPS) is 11.2. The lowest BCUT2D eigenvalue weighted by molar-refractivity contribution is 0.392. The van der Waals surface area contributed by atoms with Crippen LogP contribution in [0.1, 0.15) is 17.0 Å². The fourth-order valence-electron chi connectivity index (χ4n) is 2.17. The van der Waals surface area contributed by atoms with Gasteiger partial charge in [0.05, 0.1) is 11.2 Å². The van der Waals surface area contributed by atoms with E-state index in [-0.39, 0.29) is 5.56 Å². The molecule has 0 fully saturated rings. The maximum absolute atomic E-state index is 12.5. The molecule has 0 atom stereocenters. The van der Waals surface area contributed by atoms with Gasteiger partial charge >= 0.3 is 0 Å². The Labute approximate surface area is 135 Å². The first-order chi connectivity index (χ1) is 10.6. The van der Waals surface area contributed by atoms with E-state index in [1.165, 1.54) is 23.1 Å². The lowest BCUT2D eigenvalue weighted by Crippen LogP contribution is -2.21. The van der Waals surface area contributed by atoms with Crippen LogP contribution in [0.2, 0.25) is 0 Å². The van der Waals surface area contributed by atoms with Crippen LogP contribution in [0, 0.1) is 13.8 Å². The van der Waals surface area contributed by atoms with Gasteiger partial charge in [-0.1, -0.05) is 23.0 Å². The minimum atomic E-state index is -0.0128. The SMILES string of the molecule is C=CCn1c(SCc2c(C)noc2C)nc2ccsc2c1=O. The van der Waals surface area contributed by atoms with Gasteiger partial charge in [0.1, 0.15) is 10.5 Å². The number of aryl methyl sites for hydroxylation is 2. The molecule has 0 radical (unpaired) electrons. The summed E-state index contributed by atoms with van der Waals surface area (Å²) in [6.07, 6.45) is 1.71. The average Bonchev–Trinajstić information content (AvgIpc) is 3.08. The average molecular weight is 333 g/mol. The molecular weight excluding hydrogens is 318 g/mol. The van der Waals surface area contributed by atoms with Crippen molar-refractivity contribution in [3.63, 3.8) is 0 Å². The summed E-state index contributed by atoms with van der Waals surface area (Å²) in [5.74, 6) is 1.47. The molecule has 0 aliphatic rings. The number of allylic oxidation sites excluding steroid dienone is 1. The number of hydrogen-bond donors (Lipinski definition) is 0. The minimum Gasteiger partial charge on any atom is -0.361 e. The first-order valence-electron chi connectivity index (χ1n) is 6.75. The Morgan fingerprint density at radius 1 is 1.50 bits per heavy atom. The number of thioether (sulfide) groups is 1. The van der Waals surface area contributed by atoms with Crippen LogP contribution in [0.3, 0.4) is 0 Å². The summed E-state index contributed by atoms with van der Waals surface area (Å²) in [6.45, 7) is 7.98. The number of aromatic nitrogens is 3. The molecule has 0 aromatic carbocycles. The molecule has 0 aliphatic carbocycles. The van der Waals surface area contributed by atoms with Crippen molar-refractivity contribution in [1.29, 1.82) is 0 Å². The van der Waals surface area contributed by atoms with Crippen LogP contribution in [0.5, 0.6) is 0 Å². The first kappa shape index (κ1) is 15.1. The Morgan fingerprint density at radius 3 is 3.00 bits per heavy atom. The Bertz CT molecular complexity index is 872. The first-order valence-corrected chi connectivity index (χ1v) is 8.62. The van der Waals surface area contributed by atoms with Gasteiger partial charge in [-0.05, 0) is 25.3 Å². The molecule has 5 nitrogen and oxygen atoms in total. The van der Waals surface area contributed by atoms with Crippen LogP contribution in [0.4, 0.5) is 0 Å². The van der Waals surface area contributed by atoms with Crippen LogP contribution in [0.25, 0.3) is 10.2 Å². The summed E-state index contributed by atoms with van der Waals surface area (Å²) in [6, 6.07) is 1.87. The number of fused-ring (bicyclic) bond motifs is 1. The molecule has 0 spiro atoms. The third-order valence-electron chi connectivity index (χ3n) is 3.37. The van der Waals surface area contributed by atoms with Crippen LogP contribution >= 0.6 is 23.1 Å². The van der Waals surface area contributed by atoms with Crippen LogP contribution in [0.15, 0.2) is 38.6 Å². The molecule has 0 aliphatic heterocycles. The molecular formula is C15H15N3O2S2. The van der Waals surface area contributed by atoms with Gasteiger partial charge in [0.2, 0.25) is 0 Å². The number of nitrogens with zero attached hydrogens (tertiary/aromatic N) is 3. The third-order valence-corrected chi connectivity index (χ3v) is 5.26. The number of thiophene rings is 1. The fraction of sp³-hybridized carbons (Fsp3) is 0.267. The molecule has 7 heteroatoms. The highest BCUT2D eigenvalue weighted by molar-refractivity contribution is 7.98. The second-order valence-electron chi connectivity index (χ2n) is 4.83. The summed E-state index contributed by atoms with van der Waals surface area (Å²) in [4.78, 5) is 17.1. The van der Waals surface area contributed by atoms with E-state index in [4.69, 9.17) is 4.52 Å². The van der Waals surface area contributed by atoms with E-state index in [1.807, 2.05) is 25.3 Å². The monoisotopic (exact) mass is 333 g/mol. The van der Waals surface area contributed by atoms with Gasteiger partial charge in [0.25, 0.3) is 5.56 Å². The van der Waals surface area contributed by atoms with E-state index in [0.29, 0.717) is 22.2 Å². The highest BCUT2D eigenvalue weighted by Crippen LogP contribution is 2.26. The summed E-state index contributed by atoms with van der Waals surface area (Å²) in [5.41, 5.74) is 2.66. The van der Waals surface area contributed by atoms with Gasteiger partial charge in [0, 0.05) is 17.9 Å². The highest BCUT2D eigenvalue weighted by Gasteiger charge is 2.14. The van der Waals surface area contributed by atoms with E-state index in [1.54, 1.807) is 10.6 Å². The predicted octanol–water partition coefficient (Wildman–Crippen LogP) is 3.54. The molecule has 0 amide bonds. The van der Waals surface area contributed by atoms with Crippen molar-refractivity contribution < 1.29 is 4.52 Å². The van der Waals surface area contributed by atoms with Gasteiger partial charge in [-0.3, -0.25) is 9.36 Å². The quantitative estimate of drug-likeness (QED) is 0.406. The zero-order chi connectivity index (χ0) is 15.7. The van der Waals surface area contributed by atoms with Gasteiger partial charge in [-0.15, -0.1) is 17.9 Å². The van der Waals surface area contributed by atoms with E-state index < -0.39 is 0 Å². The molecule has 114 valence electrons.